The van der Waals surface area contributed by atoms with Crippen LogP contribution in [0.3, 0.4) is 0 Å². The first-order chi connectivity index (χ1) is 24.7. The van der Waals surface area contributed by atoms with Crippen LogP contribution in [-0.4, -0.2) is 4.57 Å². The summed E-state index contributed by atoms with van der Waals surface area (Å²) in [6.45, 7) is 2.44. The minimum atomic E-state index is 0.368. The summed E-state index contributed by atoms with van der Waals surface area (Å²) in [5.41, 5.74) is 12.9. The van der Waals surface area contributed by atoms with Gasteiger partial charge in [0, 0.05) is 37.5 Å². The number of nitrogens with zero attached hydrogens (tertiary/aromatic N) is 1. The lowest BCUT2D eigenvalue weighted by molar-refractivity contribution is 0.493. The van der Waals surface area contributed by atoms with Crippen LogP contribution in [0.15, 0.2) is 157 Å². The lowest BCUT2D eigenvalue weighted by Gasteiger charge is -2.29. The van der Waals surface area contributed by atoms with Gasteiger partial charge in [0.2, 0.25) is 0 Å². The summed E-state index contributed by atoms with van der Waals surface area (Å²) in [5.74, 6) is 1.20. The number of allylic oxidation sites excluding steroid dienone is 4. The third kappa shape index (κ3) is 4.77. The van der Waals surface area contributed by atoms with Crippen LogP contribution in [0.4, 0.5) is 0 Å². The van der Waals surface area contributed by atoms with Crippen molar-refractivity contribution in [3.05, 3.63) is 185 Å². The fourth-order valence-corrected chi connectivity index (χ4v) is 9.77. The van der Waals surface area contributed by atoms with E-state index in [4.69, 9.17) is 0 Å². The second kappa shape index (κ2) is 11.8. The van der Waals surface area contributed by atoms with Crippen LogP contribution >= 0.6 is 11.3 Å². The number of fused-ring (bicyclic) bond motifs is 7. The summed E-state index contributed by atoms with van der Waals surface area (Å²) in [6, 6.07) is 56.0. The Morgan fingerprint density at radius 3 is 2.44 bits per heavy atom. The van der Waals surface area contributed by atoms with E-state index < -0.39 is 0 Å². The smallest absolute Gasteiger partial charge is 0.0541 e. The van der Waals surface area contributed by atoms with Gasteiger partial charge in [-0.2, -0.15) is 0 Å². The molecule has 0 amide bonds. The second-order valence-corrected chi connectivity index (χ2v) is 15.1. The number of hydrogen-bond donors (Lipinski definition) is 0. The molecule has 1 nitrogen and oxygen atoms in total. The average Bonchev–Trinajstić information content (AvgIpc) is 3.73. The Balaban J connectivity index is 1.04. The third-order valence-electron chi connectivity index (χ3n) is 11.2. The van der Waals surface area contributed by atoms with Gasteiger partial charge in [0.05, 0.1) is 11.0 Å². The van der Waals surface area contributed by atoms with Gasteiger partial charge in [0.15, 0.2) is 0 Å². The van der Waals surface area contributed by atoms with Gasteiger partial charge in [-0.15, -0.1) is 11.3 Å². The lowest BCUT2D eigenvalue weighted by Crippen LogP contribution is -2.17. The van der Waals surface area contributed by atoms with Crippen LogP contribution in [0, 0.1) is 18.1 Å². The largest absolute Gasteiger partial charge is 0.309 e. The Hall–Kier alpha value is -5.62. The van der Waals surface area contributed by atoms with E-state index in [1.54, 1.807) is 5.57 Å². The van der Waals surface area contributed by atoms with Gasteiger partial charge in [-0.05, 0) is 119 Å². The van der Waals surface area contributed by atoms with Crippen molar-refractivity contribution in [2.75, 3.05) is 0 Å². The molecule has 3 atom stereocenters. The molecule has 0 saturated carbocycles. The van der Waals surface area contributed by atoms with E-state index in [1.807, 2.05) is 17.4 Å². The minimum absolute atomic E-state index is 0.368. The summed E-state index contributed by atoms with van der Waals surface area (Å²) in [4.78, 5) is 1.46. The van der Waals surface area contributed by atoms with Gasteiger partial charge in [-0.1, -0.05) is 116 Å². The zero-order valence-corrected chi connectivity index (χ0v) is 28.8. The molecule has 0 N–H and O–H groups in total. The van der Waals surface area contributed by atoms with Crippen molar-refractivity contribution in [1.29, 1.82) is 0 Å². The van der Waals surface area contributed by atoms with Crippen molar-refractivity contribution in [3.63, 3.8) is 0 Å². The molecule has 2 heteroatoms. The van der Waals surface area contributed by atoms with Gasteiger partial charge >= 0.3 is 0 Å². The van der Waals surface area contributed by atoms with Crippen molar-refractivity contribution in [1.82, 2.24) is 4.57 Å². The molecule has 0 fully saturated rings. The maximum atomic E-state index is 3.57. The molecule has 0 bridgehead atoms. The van der Waals surface area contributed by atoms with Gasteiger partial charge in [-0.3, -0.25) is 0 Å². The summed E-state index contributed by atoms with van der Waals surface area (Å²) in [5, 5.41) is 3.90. The van der Waals surface area contributed by atoms with E-state index >= 15 is 0 Å². The average molecular weight is 658 g/mol. The Morgan fingerprint density at radius 1 is 0.720 bits per heavy atom. The number of thiophene rings is 1. The minimum Gasteiger partial charge on any atom is -0.309 e. The molecule has 10 rings (SSSR count). The molecule has 0 saturated heterocycles. The Bertz CT molecular complexity index is 2600. The molecule has 2 aliphatic rings. The maximum Gasteiger partial charge on any atom is 0.0541 e. The fraction of sp³-hybridized carbons (Fsp3) is 0.125. The first-order valence-corrected chi connectivity index (χ1v) is 18.5. The van der Waals surface area contributed by atoms with E-state index in [0.717, 1.165) is 12.8 Å². The highest BCUT2D eigenvalue weighted by atomic mass is 32.1. The number of benzene rings is 5. The summed E-state index contributed by atoms with van der Waals surface area (Å²) < 4.78 is 3.76. The van der Waals surface area contributed by atoms with Crippen molar-refractivity contribution >= 4 is 43.2 Å². The van der Waals surface area contributed by atoms with Gasteiger partial charge in [-0.25, -0.2) is 0 Å². The Labute approximate surface area is 297 Å². The number of hydrogen-bond acceptors (Lipinski definition) is 1. The van der Waals surface area contributed by atoms with Crippen molar-refractivity contribution < 1.29 is 0 Å². The lowest BCUT2D eigenvalue weighted by atomic mass is 9.75. The molecule has 0 aliphatic heterocycles. The molecule has 2 aliphatic carbocycles. The number of para-hydroxylation sites is 2. The Kier molecular flexibility index (Phi) is 6.90. The molecular formula is C48H35NS. The molecule has 3 unspecified atom stereocenters. The number of rotatable bonds is 4. The van der Waals surface area contributed by atoms with Crippen molar-refractivity contribution in [3.8, 4) is 27.9 Å². The predicted octanol–water partition coefficient (Wildman–Crippen LogP) is 12.9. The first-order valence-electron chi connectivity index (χ1n) is 17.7. The normalized spacial score (nSPS) is 18.4. The third-order valence-corrected chi connectivity index (χ3v) is 12.4. The zero-order chi connectivity index (χ0) is 33.2. The summed E-state index contributed by atoms with van der Waals surface area (Å²) >= 11 is 1.95. The monoisotopic (exact) mass is 657 g/mol. The molecule has 50 heavy (non-hydrogen) atoms. The SMILES string of the molecule is CC1c2ccc(-c3ccc4c(c3)c3ccccc3n4-c3ccccc3)cc2-c2c#cccc2CC1C1=CC=CC(c2cc3ccccc3s2)C1. The fourth-order valence-electron chi connectivity index (χ4n) is 8.63. The molecular weight excluding hydrogens is 623 g/mol. The van der Waals surface area contributed by atoms with Crippen LogP contribution in [0.5, 0.6) is 0 Å². The molecule has 6 aromatic carbocycles. The Morgan fingerprint density at radius 2 is 1.52 bits per heavy atom. The molecule has 8 aromatic rings. The van der Waals surface area contributed by atoms with Crippen LogP contribution in [-0.2, 0) is 6.42 Å². The van der Waals surface area contributed by atoms with E-state index in [1.165, 1.54) is 75.8 Å². The van der Waals surface area contributed by atoms with Crippen LogP contribution in [0.25, 0.3) is 59.8 Å². The van der Waals surface area contributed by atoms with Gasteiger partial charge in [0.1, 0.15) is 0 Å². The van der Waals surface area contributed by atoms with Gasteiger partial charge in [0.25, 0.3) is 0 Å². The summed E-state index contributed by atoms with van der Waals surface area (Å²) in [6.07, 6.45) is 9.20. The van der Waals surface area contributed by atoms with Crippen LogP contribution in [0.2, 0.25) is 0 Å². The van der Waals surface area contributed by atoms with E-state index in [9.17, 15) is 0 Å². The predicted molar refractivity (Wildman–Crippen MR) is 211 cm³/mol. The highest BCUT2D eigenvalue weighted by Crippen LogP contribution is 2.48. The van der Waals surface area contributed by atoms with Crippen molar-refractivity contribution in [2.24, 2.45) is 5.92 Å². The van der Waals surface area contributed by atoms with Crippen LogP contribution < -0.4 is 0 Å². The topological polar surface area (TPSA) is 4.93 Å². The molecule has 2 aromatic heterocycles. The summed E-state index contributed by atoms with van der Waals surface area (Å²) in [7, 11) is 0. The molecule has 0 radical (unpaired) electrons. The van der Waals surface area contributed by atoms with E-state index in [2.05, 4.69) is 169 Å². The standard InChI is InChI=1S/C48H35NS/c1-31-39-24-22-32(33-23-25-46-44(28-33)41-19-8-9-20-45(41)49(46)38-16-3-2-4-17-38)27-43(39)40-18-7-5-12-35(40)29-42(31)34-14-11-15-36(26-34)48-30-37-13-6-10-21-47(37)50-48/h2-6,8-17,19-25,27-28,30-31,36,42H,26,29H2,1H3. The molecule has 0 spiro atoms. The quantitative estimate of drug-likeness (QED) is 0.177. The second-order valence-electron chi connectivity index (χ2n) is 13.9. The highest BCUT2D eigenvalue weighted by Gasteiger charge is 2.32. The highest BCUT2D eigenvalue weighted by molar-refractivity contribution is 7.19. The zero-order valence-electron chi connectivity index (χ0n) is 27.9. The molecule has 2 heterocycles. The van der Waals surface area contributed by atoms with Crippen molar-refractivity contribution in [2.45, 2.75) is 31.6 Å². The van der Waals surface area contributed by atoms with Crippen LogP contribution in [0.1, 0.15) is 41.2 Å². The maximum absolute atomic E-state index is 3.57. The van der Waals surface area contributed by atoms with E-state index in [-0.39, 0.29) is 0 Å². The first kappa shape index (κ1) is 29.3. The van der Waals surface area contributed by atoms with Gasteiger partial charge < -0.3 is 4.57 Å². The van der Waals surface area contributed by atoms with E-state index in [0.29, 0.717) is 17.8 Å². The molecule has 238 valence electrons. The number of aromatic nitrogens is 1.